The van der Waals surface area contributed by atoms with Gasteiger partial charge < -0.3 is 4.74 Å². The molecule has 140 valence electrons. The summed E-state index contributed by atoms with van der Waals surface area (Å²) in [6.45, 7) is 0.790. The average molecular weight is 395 g/mol. The molecule has 0 aliphatic carbocycles. The van der Waals surface area contributed by atoms with Crippen LogP contribution in [0.4, 0.5) is 0 Å². The van der Waals surface area contributed by atoms with Gasteiger partial charge in [-0.15, -0.1) is 23.5 Å². The van der Waals surface area contributed by atoms with Crippen molar-refractivity contribution in [2.45, 2.75) is 27.2 Å². The molecule has 1 unspecified atom stereocenters. The normalized spacial score (nSPS) is 12.2. The molecule has 0 saturated heterocycles. The van der Waals surface area contributed by atoms with E-state index in [1.165, 1.54) is 15.4 Å². The molecule has 3 aromatic carbocycles. The summed E-state index contributed by atoms with van der Waals surface area (Å²) in [5, 5.41) is 0. The fourth-order valence-corrected chi connectivity index (χ4v) is 5.88. The van der Waals surface area contributed by atoms with Crippen molar-refractivity contribution in [3.63, 3.8) is 0 Å². The molecule has 3 aromatic rings. The SMILES string of the molecule is COCCC(Cc1ccccc1)C(Sc1ccccc1)Sc1ccccc1. The maximum absolute atomic E-state index is 5.44. The topological polar surface area (TPSA) is 9.23 Å². The molecular formula is C24H26OS2. The van der Waals surface area contributed by atoms with E-state index < -0.39 is 0 Å². The molecule has 0 amide bonds. The van der Waals surface area contributed by atoms with Crippen LogP contribution in [0.5, 0.6) is 0 Å². The van der Waals surface area contributed by atoms with E-state index in [1.54, 1.807) is 7.11 Å². The third-order valence-corrected chi connectivity index (χ3v) is 7.31. The van der Waals surface area contributed by atoms with Gasteiger partial charge >= 0.3 is 0 Å². The third-order valence-electron chi connectivity index (χ3n) is 4.41. The summed E-state index contributed by atoms with van der Waals surface area (Å²) in [6.07, 6.45) is 2.12. The van der Waals surface area contributed by atoms with Crippen LogP contribution >= 0.6 is 23.5 Å². The molecule has 3 heteroatoms. The van der Waals surface area contributed by atoms with Crippen molar-refractivity contribution in [3.8, 4) is 0 Å². The van der Waals surface area contributed by atoms with Gasteiger partial charge in [-0.3, -0.25) is 0 Å². The van der Waals surface area contributed by atoms with Gasteiger partial charge in [0, 0.05) is 23.5 Å². The summed E-state index contributed by atoms with van der Waals surface area (Å²) in [5.74, 6) is 0.516. The van der Waals surface area contributed by atoms with E-state index in [4.69, 9.17) is 4.74 Å². The number of hydrogen-bond donors (Lipinski definition) is 0. The number of thioether (sulfide) groups is 2. The second-order valence-electron chi connectivity index (χ2n) is 6.46. The molecule has 27 heavy (non-hydrogen) atoms. The van der Waals surface area contributed by atoms with Crippen LogP contribution in [0.15, 0.2) is 101 Å². The molecule has 0 spiro atoms. The van der Waals surface area contributed by atoms with Crippen molar-refractivity contribution in [2.75, 3.05) is 13.7 Å². The lowest BCUT2D eigenvalue weighted by Gasteiger charge is -2.27. The number of benzene rings is 3. The van der Waals surface area contributed by atoms with Crippen LogP contribution in [0.1, 0.15) is 12.0 Å². The van der Waals surface area contributed by atoms with E-state index in [0.29, 0.717) is 10.5 Å². The van der Waals surface area contributed by atoms with Gasteiger partial charge in [0.05, 0.1) is 4.58 Å². The van der Waals surface area contributed by atoms with Gasteiger partial charge in [-0.2, -0.15) is 0 Å². The molecule has 1 nitrogen and oxygen atoms in total. The highest BCUT2D eigenvalue weighted by Crippen LogP contribution is 2.42. The van der Waals surface area contributed by atoms with Gasteiger partial charge in [0.25, 0.3) is 0 Å². The molecule has 0 bridgehead atoms. The Morgan fingerprint density at radius 2 is 1.19 bits per heavy atom. The molecule has 0 saturated carbocycles. The molecule has 0 N–H and O–H groups in total. The van der Waals surface area contributed by atoms with Crippen molar-refractivity contribution >= 4 is 23.5 Å². The number of hydrogen-bond acceptors (Lipinski definition) is 3. The second kappa shape index (κ2) is 11.2. The quantitative estimate of drug-likeness (QED) is 0.277. The third kappa shape index (κ3) is 6.76. The van der Waals surface area contributed by atoms with Gasteiger partial charge in [-0.25, -0.2) is 0 Å². The van der Waals surface area contributed by atoms with Crippen LogP contribution in [0, 0.1) is 5.92 Å². The molecule has 0 heterocycles. The first-order chi connectivity index (χ1) is 13.3. The Hall–Kier alpha value is -1.68. The van der Waals surface area contributed by atoms with Gasteiger partial charge in [-0.1, -0.05) is 66.7 Å². The Bertz CT molecular complexity index is 721. The van der Waals surface area contributed by atoms with Gasteiger partial charge in [0.1, 0.15) is 0 Å². The standard InChI is InChI=1S/C24H26OS2/c1-25-18-17-21(19-20-11-5-2-6-12-20)24(26-22-13-7-3-8-14-22)27-23-15-9-4-10-16-23/h2-16,21,24H,17-19H2,1H3. The van der Waals surface area contributed by atoms with Crippen LogP contribution in [0.25, 0.3) is 0 Å². The van der Waals surface area contributed by atoms with E-state index in [-0.39, 0.29) is 0 Å². The Labute approximate surface area is 171 Å². The minimum absolute atomic E-state index is 0.421. The van der Waals surface area contributed by atoms with E-state index in [2.05, 4.69) is 91.0 Å². The summed E-state index contributed by atoms with van der Waals surface area (Å²) >= 11 is 3.94. The molecular weight excluding hydrogens is 368 g/mol. The first-order valence-corrected chi connectivity index (χ1v) is 11.1. The predicted octanol–water partition coefficient (Wildman–Crippen LogP) is 6.79. The van der Waals surface area contributed by atoms with Gasteiger partial charge in [0.15, 0.2) is 0 Å². The first-order valence-electron chi connectivity index (χ1n) is 9.31. The zero-order valence-electron chi connectivity index (χ0n) is 15.7. The van der Waals surface area contributed by atoms with Crippen LogP contribution in [-0.2, 0) is 11.2 Å². The first kappa shape index (κ1) is 20.1. The fourth-order valence-electron chi connectivity index (χ4n) is 3.00. The predicted molar refractivity (Wildman–Crippen MR) is 119 cm³/mol. The Morgan fingerprint density at radius 3 is 1.67 bits per heavy atom. The second-order valence-corrected chi connectivity index (χ2v) is 9.19. The van der Waals surface area contributed by atoms with E-state index >= 15 is 0 Å². The number of ether oxygens (including phenoxy) is 1. The van der Waals surface area contributed by atoms with Crippen LogP contribution < -0.4 is 0 Å². The summed E-state index contributed by atoms with van der Waals surface area (Å²) < 4.78 is 5.86. The van der Waals surface area contributed by atoms with E-state index in [0.717, 1.165) is 19.4 Å². The average Bonchev–Trinajstić information content (AvgIpc) is 2.73. The number of methoxy groups -OCH3 is 1. The van der Waals surface area contributed by atoms with E-state index in [9.17, 15) is 0 Å². The van der Waals surface area contributed by atoms with Crippen LogP contribution in [-0.4, -0.2) is 18.3 Å². The molecule has 0 fully saturated rings. The monoisotopic (exact) mass is 394 g/mol. The zero-order chi connectivity index (χ0) is 18.7. The smallest absolute Gasteiger partial charge is 0.0628 e. The van der Waals surface area contributed by atoms with Crippen molar-refractivity contribution in [2.24, 2.45) is 5.92 Å². The summed E-state index contributed by atoms with van der Waals surface area (Å²) in [6, 6.07) is 32.3. The van der Waals surface area contributed by atoms with Crippen molar-refractivity contribution in [1.29, 1.82) is 0 Å². The van der Waals surface area contributed by atoms with Crippen molar-refractivity contribution in [3.05, 3.63) is 96.6 Å². The Balaban J connectivity index is 1.83. The minimum atomic E-state index is 0.421. The molecule has 0 aliphatic rings. The lowest BCUT2D eigenvalue weighted by Crippen LogP contribution is -2.19. The van der Waals surface area contributed by atoms with E-state index in [1.807, 2.05) is 23.5 Å². The van der Waals surface area contributed by atoms with Crippen molar-refractivity contribution in [1.82, 2.24) is 0 Å². The largest absolute Gasteiger partial charge is 0.385 e. The molecule has 0 aliphatic heterocycles. The Kier molecular flexibility index (Phi) is 8.34. The summed E-state index contributed by atoms with van der Waals surface area (Å²) in [7, 11) is 1.79. The van der Waals surface area contributed by atoms with Crippen molar-refractivity contribution < 1.29 is 4.74 Å². The molecule has 3 rings (SSSR count). The molecule has 0 radical (unpaired) electrons. The van der Waals surface area contributed by atoms with Crippen LogP contribution in [0.2, 0.25) is 0 Å². The summed E-state index contributed by atoms with van der Waals surface area (Å²) in [4.78, 5) is 2.64. The van der Waals surface area contributed by atoms with Gasteiger partial charge in [-0.05, 0) is 48.6 Å². The fraction of sp³-hybridized carbons (Fsp3) is 0.250. The maximum Gasteiger partial charge on any atom is 0.0628 e. The summed E-state index contributed by atoms with van der Waals surface area (Å²) in [5.41, 5.74) is 1.39. The highest BCUT2D eigenvalue weighted by atomic mass is 32.2. The highest BCUT2D eigenvalue weighted by Gasteiger charge is 2.24. The molecule has 0 aromatic heterocycles. The highest BCUT2D eigenvalue weighted by molar-refractivity contribution is 8.17. The molecule has 1 atom stereocenters. The minimum Gasteiger partial charge on any atom is -0.385 e. The van der Waals surface area contributed by atoms with Gasteiger partial charge in [0.2, 0.25) is 0 Å². The lowest BCUT2D eigenvalue weighted by molar-refractivity contribution is 0.179. The Morgan fingerprint density at radius 1 is 0.704 bits per heavy atom. The maximum atomic E-state index is 5.44. The number of rotatable bonds is 10. The lowest BCUT2D eigenvalue weighted by atomic mass is 9.98. The van der Waals surface area contributed by atoms with Crippen LogP contribution in [0.3, 0.4) is 0 Å². The zero-order valence-corrected chi connectivity index (χ0v) is 17.3.